The fourth-order valence-corrected chi connectivity index (χ4v) is 3.26. The second kappa shape index (κ2) is 6.62. The Labute approximate surface area is 151 Å². The van der Waals surface area contributed by atoms with Crippen LogP contribution in [0.3, 0.4) is 0 Å². The molecule has 0 spiro atoms. The van der Waals surface area contributed by atoms with E-state index in [0.717, 1.165) is 16.7 Å². The van der Waals surface area contributed by atoms with Gasteiger partial charge in [-0.2, -0.15) is 5.26 Å². The summed E-state index contributed by atoms with van der Waals surface area (Å²) in [5.74, 6) is -0.0197. The standard InChI is InChI=1S/C20H18N4O2/c1-14-13-23(7-8-26-14)20(25)17-10-16-5-6-24(19(16)22-12-17)18-4-2-3-15(9-18)11-21/h2-6,9-10,12,14H,7-8,13H2,1H3. The highest BCUT2D eigenvalue weighted by molar-refractivity contribution is 5.97. The summed E-state index contributed by atoms with van der Waals surface area (Å²) in [6, 6.07) is 13.3. The van der Waals surface area contributed by atoms with E-state index in [2.05, 4.69) is 11.1 Å². The van der Waals surface area contributed by atoms with E-state index in [1.807, 2.05) is 52.9 Å². The molecule has 3 aromatic rings. The zero-order chi connectivity index (χ0) is 18.1. The minimum atomic E-state index is -0.0197. The predicted molar refractivity (Wildman–Crippen MR) is 97.1 cm³/mol. The quantitative estimate of drug-likeness (QED) is 0.715. The second-order valence-electron chi connectivity index (χ2n) is 6.42. The summed E-state index contributed by atoms with van der Waals surface area (Å²) in [4.78, 5) is 19.1. The largest absolute Gasteiger partial charge is 0.375 e. The number of nitriles is 1. The first-order chi connectivity index (χ1) is 12.7. The number of carbonyl (C=O) groups is 1. The van der Waals surface area contributed by atoms with Gasteiger partial charge in [0.2, 0.25) is 0 Å². The molecule has 1 aliphatic heterocycles. The number of hydrogen-bond donors (Lipinski definition) is 0. The molecular weight excluding hydrogens is 328 g/mol. The number of rotatable bonds is 2. The van der Waals surface area contributed by atoms with Crippen molar-refractivity contribution in [3.05, 3.63) is 59.9 Å². The molecule has 0 bridgehead atoms. The lowest BCUT2D eigenvalue weighted by Gasteiger charge is -2.31. The molecular formula is C20H18N4O2. The van der Waals surface area contributed by atoms with Gasteiger partial charge in [0.25, 0.3) is 5.91 Å². The highest BCUT2D eigenvalue weighted by atomic mass is 16.5. The van der Waals surface area contributed by atoms with Gasteiger partial charge in [-0.05, 0) is 37.3 Å². The number of ether oxygens (including phenoxy) is 1. The first-order valence-corrected chi connectivity index (χ1v) is 8.54. The Morgan fingerprint density at radius 1 is 1.35 bits per heavy atom. The lowest BCUT2D eigenvalue weighted by atomic mass is 10.2. The Morgan fingerprint density at radius 3 is 3.04 bits per heavy atom. The number of pyridine rings is 1. The van der Waals surface area contributed by atoms with Crippen LogP contribution in [-0.2, 0) is 4.74 Å². The van der Waals surface area contributed by atoms with Gasteiger partial charge in [0.05, 0.1) is 29.9 Å². The van der Waals surface area contributed by atoms with Gasteiger partial charge in [-0.1, -0.05) is 6.07 Å². The minimum Gasteiger partial charge on any atom is -0.375 e. The van der Waals surface area contributed by atoms with Gasteiger partial charge in [0.15, 0.2) is 0 Å². The molecule has 1 fully saturated rings. The van der Waals surface area contributed by atoms with Gasteiger partial charge < -0.3 is 14.2 Å². The molecule has 2 aromatic heterocycles. The Bertz CT molecular complexity index is 1020. The van der Waals surface area contributed by atoms with Crippen LogP contribution in [-0.4, -0.2) is 46.2 Å². The molecule has 1 unspecified atom stereocenters. The Kier molecular flexibility index (Phi) is 4.15. The van der Waals surface area contributed by atoms with Gasteiger partial charge in [-0.15, -0.1) is 0 Å². The summed E-state index contributed by atoms with van der Waals surface area (Å²) in [5, 5.41) is 9.98. The van der Waals surface area contributed by atoms with Gasteiger partial charge in [-0.25, -0.2) is 4.98 Å². The molecule has 130 valence electrons. The maximum atomic E-state index is 12.7. The van der Waals surface area contributed by atoms with Crippen molar-refractivity contribution in [1.29, 1.82) is 5.26 Å². The van der Waals surface area contributed by atoms with Crippen molar-refractivity contribution < 1.29 is 9.53 Å². The van der Waals surface area contributed by atoms with Crippen LogP contribution in [0.5, 0.6) is 0 Å². The van der Waals surface area contributed by atoms with E-state index in [-0.39, 0.29) is 12.0 Å². The van der Waals surface area contributed by atoms with E-state index >= 15 is 0 Å². The predicted octanol–water partition coefficient (Wildman–Crippen LogP) is 2.76. The number of aromatic nitrogens is 2. The SMILES string of the molecule is CC1CN(C(=O)c2cnc3c(ccn3-c3cccc(C#N)c3)c2)CCO1. The Hall–Kier alpha value is -3.17. The number of carbonyl (C=O) groups excluding carboxylic acids is 1. The van der Waals surface area contributed by atoms with Crippen molar-refractivity contribution in [3.63, 3.8) is 0 Å². The third kappa shape index (κ3) is 2.93. The molecule has 1 saturated heterocycles. The molecule has 6 heteroatoms. The average molecular weight is 346 g/mol. The van der Waals surface area contributed by atoms with Crippen molar-refractivity contribution in [1.82, 2.24) is 14.5 Å². The van der Waals surface area contributed by atoms with Crippen LogP contribution in [0.2, 0.25) is 0 Å². The van der Waals surface area contributed by atoms with E-state index < -0.39 is 0 Å². The lowest BCUT2D eigenvalue weighted by molar-refractivity contribution is -0.0124. The fraction of sp³-hybridized carbons (Fsp3) is 0.250. The van der Waals surface area contributed by atoms with Crippen LogP contribution in [0.1, 0.15) is 22.8 Å². The van der Waals surface area contributed by atoms with Gasteiger partial charge in [-0.3, -0.25) is 4.79 Å². The molecule has 1 atom stereocenters. The number of hydrogen-bond acceptors (Lipinski definition) is 4. The number of morpholine rings is 1. The third-order valence-corrected chi connectivity index (χ3v) is 4.56. The summed E-state index contributed by atoms with van der Waals surface area (Å²) in [6.07, 6.45) is 3.58. The van der Waals surface area contributed by atoms with Gasteiger partial charge in [0, 0.05) is 36.6 Å². The smallest absolute Gasteiger partial charge is 0.255 e. The van der Waals surface area contributed by atoms with Crippen LogP contribution in [0.15, 0.2) is 48.8 Å². The van der Waals surface area contributed by atoms with Crippen LogP contribution in [0.4, 0.5) is 0 Å². The molecule has 0 radical (unpaired) electrons. The number of amides is 1. The van der Waals surface area contributed by atoms with Crippen molar-refractivity contribution in [2.24, 2.45) is 0 Å². The topological polar surface area (TPSA) is 71.2 Å². The lowest BCUT2D eigenvalue weighted by Crippen LogP contribution is -2.44. The molecule has 26 heavy (non-hydrogen) atoms. The summed E-state index contributed by atoms with van der Waals surface area (Å²) in [5.41, 5.74) is 2.80. The van der Waals surface area contributed by atoms with Crippen molar-refractivity contribution >= 4 is 16.9 Å². The number of benzene rings is 1. The van der Waals surface area contributed by atoms with Crippen LogP contribution < -0.4 is 0 Å². The third-order valence-electron chi connectivity index (χ3n) is 4.56. The summed E-state index contributed by atoms with van der Waals surface area (Å²) in [7, 11) is 0. The summed E-state index contributed by atoms with van der Waals surface area (Å²) < 4.78 is 7.42. The molecule has 1 aromatic carbocycles. The molecule has 0 N–H and O–H groups in total. The molecule has 4 rings (SSSR count). The van der Waals surface area contributed by atoms with Crippen LogP contribution in [0, 0.1) is 11.3 Å². The van der Waals surface area contributed by atoms with Gasteiger partial charge >= 0.3 is 0 Å². The van der Waals surface area contributed by atoms with Crippen LogP contribution in [0.25, 0.3) is 16.7 Å². The van der Waals surface area contributed by atoms with Crippen molar-refractivity contribution in [3.8, 4) is 11.8 Å². The number of fused-ring (bicyclic) bond motifs is 1. The van der Waals surface area contributed by atoms with Gasteiger partial charge in [0.1, 0.15) is 5.65 Å². The van der Waals surface area contributed by atoms with E-state index in [4.69, 9.17) is 10.00 Å². The first kappa shape index (κ1) is 16.3. The molecule has 0 saturated carbocycles. The molecule has 1 aliphatic rings. The summed E-state index contributed by atoms with van der Waals surface area (Å²) in [6.45, 7) is 3.73. The van der Waals surface area contributed by atoms with E-state index in [1.165, 1.54) is 0 Å². The maximum absolute atomic E-state index is 12.7. The number of nitrogens with zero attached hydrogens (tertiary/aromatic N) is 4. The average Bonchev–Trinajstić information content (AvgIpc) is 3.10. The molecule has 6 nitrogen and oxygen atoms in total. The minimum absolute atomic E-state index is 0.0197. The first-order valence-electron chi connectivity index (χ1n) is 8.54. The van der Waals surface area contributed by atoms with E-state index in [0.29, 0.717) is 30.8 Å². The normalized spacial score (nSPS) is 17.2. The second-order valence-corrected chi connectivity index (χ2v) is 6.42. The summed E-state index contributed by atoms with van der Waals surface area (Å²) >= 11 is 0. The molecule has 1 amide bonds. The monoisotopic (exact) mass is 346 g/mol. The zero-order valence-electron chi connectivity index (χ0n) is 14.4. The highest BCUT2D eigenvalue weighted by Crippen LogP contribution is 2.21. The Balaban J connectivity index is 1.67. The van der Waals surface area contributed by atoms with Crippen LogP contribution >= 0.6 is 0 Å². The fourth-order valence-electron chi connectivity index (χ4n) is 3.26. The van der Waals surface area contributed by atoms with Crippen molar-refractivity contribution in [2.75, 3.05) is 19.7 Å². The van der Waals surface area contributed by atoms with E-state index in [9.17, 15) is 4.79 Å². The maximum Gasteiger partial charge on any atom is 0.255 e. The molecule has 3 heterocycles. The Morgan fingerprint density at radius 2 is 2.23 bits per heavy atom. The molecule has 0 aliphatic carbocycles. The van der Waals surface area contributed by atoms with E-state index in [1.54, 1.807) is 12.3 Å². The zero-order valence-corrected chi connectivity index (χ0v) is 14.4. The highest BCUT2D eigenvalue weighted by Gasteiger charge is 2.23. The van der Waals surface area contributed by atoms with Crippen molar-refractivity contribution in [2.45, 2.75) is 13.0 Å².